The number of pyridine rings is 1. The van der Waals surface area contributed by atoms with Crippen molar-refractivity contribution in [3.63, 3.8) is 0 Å². The zero-order valence-electron chi connectivity index (χ0n) is 7.94. The van der Waals surface area contributed by atoms with E-state index in [1.807, 2.05) is 27.7 Å². The zero-order valence-corrected chi connectivity index (χ0v) is 7.94. The van der Waals surface area contributed by atoms with Crippen LogP contribution < -0.4 is 0 Å². The normalized spacial score (nSPS) is 7.17. The second-order valence-electron chi connectivity index (χ2n) is 1.28. The summed E-state index contributed by atoms with van der Waals surface area (Å²) in [6, 6.07) is 3.43. The Kier molecular flexibility index (Phi) is 11.3. The second kappa shape index (κ2) is 10.0. The molecule has 0 bridgehead atoms. The van der Waals surface area contributed by atoms with Gasteiger partial charge >= 0.3 is 0 Å². The van der Waals surface area contributed by atoms with E-state index in [2.05, 4.69) is 4.98 Å². The van der Waals surface area contributed by atoms with Gasteiger partial charge < -0.3 is 0 Å². The molecule has 0 aliphatic rings. The highest BCUT2D eigenvalue weighted by molar-refractivity contribution is 4.93. The van der Waals surface area contributed by atoms with Crippen LogP contribution in [0, 0.1) is 11.9 Å². The molecule has 70 valence electrons. The summed E-state index contributed by atoms with van der Waals surface area (Å²) < 4.78 is 23.6. The van der Waals surface area contributed by atoms with Gasteiger partial charge in [-0.25, -0.2) is 0 Å². The third-order valence-corrected chi connectivity index (χ3v) is 0.681. The molecular weight excluding hydrogens is 160 g/mol. The molecule has 0 atom stereocenters. The minimum atomic E-state index is -0.787. The van der Waals surface area contributed by atoms with Gasteiger partial charge in [-0.15, -0.1) is 0 Å². The molecule has 1 nitrogen and oxygen atoms in total. The van der Waals surface area contributed by atoms with Gasteiger partial charge in [0, 0.05) is 0 Å². The maximum atomic E-state index is 11.8. The molecule has 0 saturated carbocycles. The van der Waals surface area contributed by atoms with Gasteiger partial charge in [0.15, 0.2) is 0 Å². The van der Waals surface area contributed by atoms with E-state index in [4.69, 9.17) is 0 Å². The van der Waals surface area contributed by atoms with Crippen molar-refractivity contribution in [1.82, 2.24) is 4.98 Å². The van der Waals surface area contributed by atoms with E-state index in [1.54, 1.807) is 0 Å². The summed E-state index contributed by atoms with van der Waals surface area (Å²) in [4.78, 5) is 2.84. The Morgan fingerprint density at radius 3 is 1.42 bits per heavy atom. The summed E-state index contributed by atoms with van der Waals surface area (Å²) >= 11 is 0. The molecule has 0 amide bonds. The maximum absolute atomic E-state index is 11.8. The molecule has 1 heterocycles. The lowest BCUT2D eigenvalue weighted by Crippen LogP contribution is -1.83. The lowest BCUT2D eigenvalue weighted by Gasteiger charge is -1.83. The Bertz CT molecular complexity index is 172. The molecule has 0 unspecified atom stereocenters. The largest absolute Gasteiger partial charge is 0.215 e. The molecule has 1 rings (SSSR count). The first-order valence-corrected chi connectivity index (χ1v) is 4.07. The van der Waals surface area contributed by atoms with Gasteiger partial charge in [0.25, 0.3) is 0 Å². The molecule has 0 N–H and O–H groups in total. The molecule has 0 fully saturated rings. The highest BCUT2D eigenvalue weighted by Crippen LogP contribution is 1.93. The first-order valence-electron chi connectivity index (χ1n) is 4.07. The van der Waals surface area contributed by atoms with E-state index < -0.39 is 11.9 Å². The summed E-state index contributed by atoms with van der Waals surface area (Å²) in [6.45, 7) is 8.00. The van der Waals surface area contributed by atoms with E-state index in [-0.39, 0.29) is 0 Å². The summed E-state index contributed by atoms with van der Waals surface area (Å²) in [7, 11) is 0. The molecule has 3 heteroatoms. The van der Waals surface area contributed by atoms with Crippen LogP contribution >= 0.6 is 0 Å². The molecule has 0 aromatic carbocycles. The third kappa shape index (κ3) is 7.12. The van der Waals surface area contributed by atoms with Crippen molar-refractivity contribution < 1.29 is 8.78 Å². The summed E-state index contributed by atoms with van der Waals surface area (Å²) in [5, 5.41) is 0. The lowest BCUT2D eigenvalue weighted by molar-refractivity contribution is 0.513. The average molecular weight is 175 g/mol. The fraction of sp³-hybridized carbons (Fsp3) is 0.444. The quantitative estimate of drug-likeness (QED) is 0.550. The smallest absolute Gasteiger partial charge is 0.191 e. The van der Waals surface area contributed by atoms with E-state index in [0.717, 1.165) is 12.1 Å². The Morgan fingerprint density at radius 1 is 0.917 bits per heavy atom. The van der Waals surface area contributed by atoms with Crippen molar-refractivity contribution in [3.05, 3.63) is 30.1 Å². The first-order chi connectivity index (χ1) is 5.79. The van der Waals surface area contributed by atoms with E-state index >= 15 is 0 Å². The minimum Gasteiger partial charge on any atom is -0.191 e. The van der Waals surface area contributed by atoms with Crippen LogP contribution in [0.5, 0.6) is 0 Å². The number of hydrogen-bond acceptors (Lipinski definition) is 1. The number of rotatable bonds is 0. The van der Waals surface area contributed by atoms with Crippen LogP contribution in [0.2, 0.25) is 0 Å². The molecule has 0 saturated heterocycles. The van der Waals surface area contributed by atoms with E-state index in [9.17, 15) is 8.78 Å². The van der Waals surface area contributed by atoms with E-state index in [1.165, 1.54) is 6.07 Å². The summed E-state index contributed by atoms with van der Waals surface area (Å²) in [5.41, 5.74) is 0. The summed E-state index contributed by atoms with van der Waals surface area (Å²) in [6.07, 6.45) is 0. The van der Waals surface area contributed by atoms with Gasteiger partial charge in [0.1, 0.15) is 0 Å². The van der Waals surface area contributed by atoms with Crippen molar-refractivity contribution in [2.45, 2.75) is 27.7 Å². The van der Waals surface area contributed by atoms with Gasteiger partial charge in [-0.05, 0) is 12.1 Å². The van der Waals surface area contributed by atoms with Gasteiger partial charge in [-0.3, -0.25) is 0 Å². The van der Waals surface area contributed by atoms with Crippen molar-refractivity contribution in [3.8, 4) is 0 Å². The molecule has 0 radical (unpaired) electrons. The highest BCUT2D eigenvalue weighted by Gasteiger charge is 1.89. The summed E-state index contributed by atoms with van der Waals surface area (Å²) in [5.74, 6) is -1.57. The monoisotopic (exact) mass is 175 g/mol. The van der Waals surface area contributed by atoms with E-state index in [0.29, 0.717) is 0 Å². The minimum absolute atomic E-state index is 0.787. The predicted octanol–water partition coefficient (Wildman–Crippen LogP) is 3.41. The standard InChI is InChI=1S/C5H3F2N.2C2H6/c6-4-2-1-3-5(7)8-4;2*1-2/h1-3H;2*1-2H3. The fourth-order valence-corrected chi connectivity index (χ4v) is 0.383. The van der Waals surface area contributed by atoms with Crippen LogP contribution in [0.4, 0.5) is 8.78 Å². The van der Waals surface area contributed by atoms with Gasteiger partial charge in [0.2, 0.25) is 11.9 Å². The van der Waals surface area contributed by atoms with Crippen LogP contribution in [-0.2, 0) is 0 Å². The average Bonchev–Trinajstić information content (AvgIpc) is 2.11. The molecule has 0 spiro atoms. The Morgan fingerprint density at radius 2 is 1.25 bits per heavy atom. The number of aromatic nitrogens is 1. The lowest BCUT2D eigenvalue weighted by atomic mass is 10.5. The van der Waals surface area contributed by atoms with Crippen molar-refractivity contribution >= 4 is 0 Å². The SMILES string of the molecule is CC.CC.Fc1cccc(F)n1. The third-order valence-electron chi connectivity index (χ3n) is 0.681. The molecule has 1 aromatic heterocycles. The highest BCUT2D eigenvalue weighted by atomic mass is 19.1. The Labute approximate surface area is 72.5 Å². The second-order valence-corrected chi connectivity index (χ2v) is 1.28. The van der Waals surface area contributed by atoms with Crippen LogP contribution in [0.3, 0.4) is 0 Å². The first kappa shape index (κ1) is 13.6. The van der Waals surface area contributed by atoms with Crippen LogP contribution in [0.15, 0.2) is 18.2 Å². The Hall–Kier alpha value is -0.990. The maximum Gasteiger partial charge on any atom is 0.215 e. The van der Waals surface area contributed by atoms with Crippen LogP contribution in [0.1, 0.15) is 27.7 Å². The molecule has 0 aliphatic heterocycles. The number of hydrogen-bond donors (Lipinski definition) is 0. The zero-order chi connectivity index (χ0) is 9.98. The van der Waals surface area contributed by atoms with Crippen LogP contribution in [-0.4, -0.2) is 4.98 Å². The Balaban J connectivity index is 0. The van der Waals surface area contributed by atoms with Gasteiger partial charge in [-0.2, -0.15) is 13.8 Å². The fourth-order valence-electron chi connectivity index (χ4n) is 0.383. The van der Waals surface area contributed by atoms with Crippen LogP contribution in [0.25, 0.3) is 0 Å². The van der Waals surface area contributed by atoms with Gasteiger partial charge in [0.05, 0.1) is 0 Å². The molecule has 1 aromatic rings. The number of nitrogens with zero attached hydrogens (tertiary/aromatic N) is 1. The molecular formula is C9H15F2N. The molecule has 0 aliphatic carbocycles. The molecule has 12 heavy (non-hydrogen) atoms. The van der Waals surface area contributed by atoms with Crippen molar-refractivity contribution in [2.75, 3.05) is 0 Å². The number of halogens is 2. The van der Waals surface area contributed by atoms with Crippen molar-refractivity contribution in [2.24, 2.45) is 0 Å². The van der Waals surface area contributed by atoms with Gasteiger partial charge in [-0.1, -0.05) is 33.8 Å². The van der Waals surface area contributed by atoms with Crippen molar-refractivity contribution in [1.29, 1.82) is 0 Å². The predicted molar refractivity (Wildman–Crippen MR) is 46.8 cm³/mol. The topological polar surface area (TPSA) is 12.9 Å².